The van der Waals surface area contributed by atoms with E-state index in [2.05, 4.69) is 23.5 Å². The first-order valence-corrected chi connectivity index (χ1v) is 6.96. The summed E-state index contributed by atoms with van der Waals surface area (Å²) in [7, 11) is 0. The highest BCUT2D eigenvalue weighted by atomic mass is 35.5. The second-order valence-electron chi connectivity index (χ2n) is 4.77. The molecule has 0 unspecified atom stereocenters. The Hall–Kier alpha value is -0.790. The van der Waals surface area contributed by atoms with Crippen LogP contribution in [0.1, 0.15) is 37.7 Å². The maximum atomic E-state index is 5.86. The molecular weight excluding hydrogens is 230 g/mol. The minimum absolute atomic E-state index is 0.820. The van der Waals surface area contributed by atoms with Crippen LogP contribution in [-0.2, 0) is 6.54 Å². The Kier molecular flexibility index (Phi) is 5.08. The highest BCUT2D eigenvalue weighted by Crippen LogP contribution is 2.18. The van der Waals surface area contributed by atoms with Gasteiger partial charge in [0.05, 0.1) is 6.54 Å². The summed E-state index contributed by atoms with van der Waals surface area (Å²) in [6.07, 6.45) is 9.11. The lowest BCUT2D eigenvalue weighted by Crippen LogP contribution is -2.82. The normalized spacial score (nSPS) is 15.7. The summed E-state index contributed by atoms with van der Waals surface area (Å²) >= 11 is 5.86. The Morgan fingerprint density at radius 2 is 1.94 bits per heavy atom. The first-order valence-electron chi connectivity index (χ1n) is 6.58. The Labute approximate surface area is 109 Å². The zero-order valence-electron chi connectivity index (χ0n) is 10.3. The van der Waals surface area contributed by atoms with E-state index in [1.807, 2.05) is 12.1 Å². The predicted molar refractivity (Wildman–Crippen MR) is 73.1 cm³/mol. The van der Waals surface area contributed by atoms with Gasteiger partial charge in [0.2, 0.25) is 0 Å². The van der Waals surface area contributed by atoms with Crippen molar-refractivity contribution in [1.29, 1.82) is 0 Å². The maximum Gasteiger partial charge on any atom is 0.101 e. The molecule has 0 aliphatic heterocycles. The van der Waals surface area contributed by atoms with Crippen molar-refractivity contribution in [2.24, 2.45) is 0 Å². The van der Waals surface area contributed by atoms with Crippen LogP contribution in [0.2, 0.25) is 5.02 Å². The fourth-order valence-corrected chi connectivity index (χ4v) is 2.43. The van der Waals surface area contributed by atoms with Crippen LogP contribution < -0.4 is 5.32 Å². The maximum absolute atomic E-state index is 5.86. The number of quaternary nitrogens is 1. The van der Waals surface area contributed by atoms with Gasteiger partial charge in [-0.2, -0.15) is 0 Å². The molecule has 0 heterocycles. The summed E-state index contributed by atoms with van der Waals surface area (Å²) in [5.41, 5.74) is 3.02. The van der Waals surface area contributed by atoms with Crippen LogP contribution in [0.25, 0.3) is 0 Å². The summed E-state index contributed by atoms with van der Waals surface area (Å²) in [4.78, 5) is 0. The highest BCUT2D eigenvalue weighted by molar-refractivity contribution is 6.30. The molecule has 0 aromatic heterocycles. The van der Waals surface area contributed by atoms with Crippen LogP contribution >= 0.6 is 11.6 Å². The molecule has 0 fully saturated rings. The van der Waals surface area contributed by atoms with Crippen molar-refractivity contribution in [2.75, 3.05) is 6.54 Å². The molecule has 1 aromatic rings. The zero-order valence-corrected chi connectivity index (χ0v) is 11.0. The minimum atomic E-state index is 0.820. The molecule has 0 atom stereocenters. The molecule has 1 aliphatic carbocycles. The second kappa shape index (κ2) is 6.83. The number of allylic oxidation sites excluding steroid dienone is 1. The lowest BCUT2D eigenvalue weighted by molar-refractivity contribution is -0.670. The lowest BCUT2D eigenvalue weighted by Gasteiger charge is -2.11. The van der Waals surface area contributed by atoms with E-state index in [1.165, 1.54) is 44.2 Å². The topological polar surface area (TPSA) is 16.6 Å². The number of rotatable bonds is 5. The average molecular weight is 251 g/mol. The molecule has 2 heteroatoms. The van der Waals surface area contributed by atoms with Crippen molar-refractivity contribution >= 4 is 11.6 Å². The van der Waals surface area contributed by atoms with Gasteiger partial charge in [-0.25, -0.2) is 0 Å². The zero-order chi connectivity index (χ0) is 11.9. The number of benzene rings is 1. The molecule has 1 nitrogen and oxygen atoms in total. The molecule has 2 N–H and O–H groups in total. The first kappa shape index (κ1) is 12.7. The minimum Gasteiger partial charge on any atom is -0.342 e. The second-order valence-corrected chi connectivity index (χ2v) is 5.20. The van der Waals surface area contributed by atoms with Crippen molar-refractivity contribution in [1.82, 2.24) is 0 Å². The number of nitrogens with two attached hydrogens (primary N) is 1. The number of hydrogen-bond donors (Lipinski definition) is 1. The van der Waals surface area contributed by atoms with Gasteiger partial charge in [0, 0.05) is 17.0 Å². The Morgan fingerprint density at radius 1 is 1.12 bits per heavy atom. The highest BCUT2D eigenvalue weighted by Gasteiger charge is 2.04. The Bertz CT molecular complexity index is 367. The Morgan fingerprint density at radius 3 is 2.65 bits per heavy atom. The molecule has 0 bridgehead atoms. The molecule has 17 heavy (non-hydrogen) atoms. The van der Waals surface area contributed by atoms with Gasteiger partial charge in [0.1, 0.15) is 6.54 Å². The lowest BCUT2D eigenvalue weighted by atomic mass is 9.97. The van der Waals surface area contributed by atoms with E-state index < -0.39 is 0 Å². The number of halogens is 1. The predicted octanol–water partition coefficient (Wildman–Crippen LogP) is 3.29. The molecule has 1 aromatic carbocycles. The SMILES string of the molecule is Clc1ccc(C[NH2+]CCC2=CCCCC2)cc1. The van der Waals surface area contributed by atoms with Crippen molar-refractivity contribution in [3.05, 3.63) is 46.5 Å². The third-order valence-electron chi connectivity index (χ3n) is 3.35. The van der Waals surface area contributed by atoms with E-state index in [9.17, 15) is 0 Å². The van der Waals surface area contributed by atoms with E-state index in [0.29, 0.717) is 0 Å². The van der Waals surface area contributed by atoms with Crippen LogP contribution in [0, 0.1) is 0 Å². The molecule has 0 amide bonds. The van der Waals surface area contributed by atoms with Crippen molar-refractivity contribution in [2.45, 2.75) is 38.6 Å². The third-order valence-corrected chi connectivity index (χ3v) is 3.60. The van der Waals surface area contributed by atoms with Crippen LogP contribution in [0.15, 0.2) is 35.9 Å². The van der Waals surface area contributed by atoms with E-state index in [-0.39, 0.29) is 0 Å². The van der Waals surface area contributed by atoms with Crippen molar-refractivity contribution < 1.29 is 5.32 Å². The summed E-state index contributed by atoms with van der Waals surface area (Å²) in [6.45, 7) is 2.26. The molecule has 2 rings (SSSR count). The van der Waals surface area contributed by atoms with E-state index in [1.54, 1.807) is 5.57 Å². The largest absolute Gasteiger partial charge is 0.342 e. The smallest absolute Gasteiger partial charge is 0.101 e. The third kappa shape index (κ3) is 4.53. The molecule has 1 aliphatic rings. The van der Waals surface area contributed by atoms with Crippen LogP contribution in [0.4, 0.5) is 0 Å². The summed E-state index contributed by atoms with van der Waals surface area (Å²) in [5, 5.41) is 3.21. The Balaban J connectivity index is 1.66. The molecule has 0 saturated carbocycles. The van der Waals surface area contributed by atoms with Gasteiger partial charge in [-0.05, 0) is 37.8 Å². The molecule has 92 valence electrons. The summed E-state index contributed by atoms with van der Waals surface area (Å²) in [6, 6.07) is 8.15. The van der Waals surface area contributed by atoms with E-state index in [0.717, 1.165) is 11.6 Å². The van der Waals surface area contributed by atoms with Crippen molar-refractivity contribution in [3.63, 3.8) is 0 Å². The van der Waals surface area contributed by atoms with Gasteiger partial charge < -0.3 is 5.32 Å². The fourth-order valence-electron chi connectivity index (χ4n) is 2.31. The van der Waals surface area contributed by atoms with Crippen LogP contribution in [0.5, 0.6) is 0 Å². The number of hydrogen-bond acceptors (Lipinski definition) is 0. The first-order chi connectivity index (χ1) is 8.34. The average Bonchev–Trinajstić information content (AvgIpc) is 2.38. The van der Waals surface area contributed by atoms with Gasteiger partial charge in [0.25, 0.3) is 0 Å². The molecule has 0 radical (unpaired) electrons. The van der Waals surface area contributed by atoms with E-state index in [4.69, 9.17) is 11.6 Å². The van der Waals surface area contributed by atoms with Gasteiger partial charge in [-0.1, -0.05) is 35.4 Å². The summed E-state index contributed by atoms with van der Waals surface area (Å²) < 4.78 is 0. The van der Waals surface area contributed by atoms with Gasteiger partial charge in [-0.3, -0.25) is 0 Å². The van der Waals surface area contributed by atoms with E-state index >= 15 is 0 Å². The monoisotopic (exact) mass is 250 g/mol. The van der Waals surface area contributed by atoms with Crippen LogP contribution in [0.3, 0.4) is 0 Å². The van der Waals surface area contributed by atoms with Gasteiger partial charge in [0.15, 0.2) is 0 Å². The standard InChI is InChI=1S/C15H20ClN/c16-15-8-6-14(7-9-15)12-17-11-10-13-4-2-1-3-5-13/h4,6-9,17H,1-3,5,10-12H2/p+1. The van der Waals surface area contributed by atoms with Gasteiger partial charge >= 0.3 is 0 Å². The summed E-state index contributed by atoms with van der Waals surface area (Å²) in [5.74, 6) is 0. The molecule has 0 saturated heterocycles. The van der Waals surface area contributed by atoms with Gasteiger partial charge in [-0.15, -0.1) is 0 Å². The fraction of sp³-hybridized carbons (Fsp3) is 0.467. The van der Waals surface area contributed by atoms with Crippen molar-refractivity contribution in [3.8, 4) is 0 Å². The molecular formula is C15H21ClN+. The van der Waals surface area contributed by atoms with Crippen LogP contribution in [-0.4, -0.2) is 6.54 Å². The quantitative estimate of drug-likeness (QED) is 0.610. The molecule has 0 spiro atoms.